The van der Waals surface area contributed by atoms with E-state index in [-0.39, 0.29) is 0 Å². The fourth-order valence-corrected chi connectivity index (χ4v) is 1.97. The average molecular weight is 228 g/mol. The van der Waals surface area contributed by atoms with Gasteiger partial charge in [-0.25, -0.2) is 0 Å². The maximum Gasteiger partial charge on any atom is 0.0832 e. The van der Waals surface area contributed by atoms with Gasteiger partial charge in [0, 0.05) is 13.6 Å². The van der Waals surface area contributed by atoms with Gasteiger partial charge in [0.25, 0.3) is 0 Å². The predicted molar refractivity (Wildman–Crippen MR) is 68.0 cm³/mol. The van der Waals surface area contributed by atoms with E-state index in [1.54, 1.807) is 0 Å². The van der Waals surface area contributed by atoms with Crippen molar-refractivity contribution in [3.63, 3.8) is 0 Å². The van der Waals surface area contributed by atoms with Crippen LogP contribution in [0.4, 0.5) is 11.4 Å². The molecule has 1 aromatic carbocycles. The summed E-state index contributed by atoms with van der Waals surface area (Å²) in [6, 6.07) is 0. The Balaban J connectivity index is 2.48. The first-order chi connectivity index (χ1) is 6.72. The van der Waals surface area contributed by atoms with E-state index in [9.17, 15) is 0 Å². The number of hydrogen-bond donors (Lipinski definition) is 2. The smallest absolute Gasteiger partial charge is 0.0832 e. The normalized spacial score (nSPS) is 10.4. The van der Waals surface area contributed by atoms with E-state index >= 15 is 0 Å². The molecular formula is C10H16N2S2. The van der Waals surface area contributed by atoms with E-state index < -0.39 is 0 Å². The number of hydrogen-bond acceptors (Lipinski definition) is 4. The molecule has 1 rings (SSSR count). The summed E-state index contributed by atoms with van der Waals surface area (Å²) in [6.45, 7) is 3.18. The Labute approximate surface area is 95.4 Å². The molecule has 14 heavy (non-hydrogen) atoms. The molecule has 0 saturated heterocycles. The monoisotopic (exact) mass is 228 g/mol. The average Bonchev–Trinajstić information content (AvgIpc) is 2.21. The van der Waals surface area contributed by atoms with E-state index in [4.69, 9.17) is 24.4 Å². The Morgan fingerprint density at radius 1 is 1.07 bits per heavy atom. The molecule has 2 nitrogen and oxygen atoms in total. The van der Waals surface area contributed by atoms with Crippen LogP contribution in [0.2, 0.25) is 0 Å². The van der Waals surface area contributed by atoms with Crippen molar-refractivity contribution in [1.29, 1.82) is 0 Å². The van der Waals surface area contributed by atoms with Gasteiger partial charge < -0.3 is 10.6 Å². The second kappa shape index (κ2) is 5.41. The molecule has 0 radical (unpaired) electrons. The Hall–Kier alpha value is -0.480. The van der Waals surface area contributed by atoms with Gasteiger partial charge >= 0.3 is 0 Å². The van der Waals surface area contributed by atoms with Gasteiger partial charge in [0.15, 0.2) is 0 Å². The summed E-state index contributed by atoms with van der Waals surface area (Å²) >= 11 is 10.3. The van der Waals surface area contributed by atoms with E-state index in [1.807, 2.05) is 7.05 Å². The number of rotatable bonds is 6. The third-order valence-electron chi connectivity index (χ3n) is 2.24. The molecule has 0 bridgehead atoms. The van der Waals surface area contributed by atoms with Crippen LogP contribution in [0, 0.1) is 9.02 Å². The van der Waals surface area contributed by atoms with Crippen molar-refractivity contribution in [3.8, 4) is 0 Å². The molecule has 0 saturated carbocycles. The summed E-state index contributed by atoms with van der Waals surface area (Å²) in [5, 5.41) is 6.38. The highest BCUT2D eigenvalue weighted by molar-refractivity contribution is 7.74. The maximum atomic E-state index is 5.15. The van der Waals surface area contributed by atoms with Crippen molar-refractivity contribution >= 4 is 35.8 Å². The fraction of sp³-hybridized carbons (Fsp3) is 0.600. The quantitative estimate of drug-likeness (QED) is 0.573. The van der Waals surface area contributed by atoms with Gasteiger partial charge in [-0.15, -0.1) is 0 Å². The van der Waals surface area contributed by atoms with Crippen LogP contribution in [0.25, 0.3) is 0 Å². The summed E-state index contributed by atoms with van der Waals surface area (Å²) in [4.78, 5) is 0. The molecule has 78 valence electrons. The molecule has 1 aromatic rings. The molecule has 0 heterocycles. The molecule has 0 aliphatic carbocycles. The summed E-state index contributed by atoms with van der Waals surface area (Å²) in [5.41, 5.74) is 2.03. The van der Waals surface area contributed by atoms with Crippen LogP contribution >= 0.6 is 24.4 Å². The number of anilines is 2. The summed E-state index contributed by atoms with van der Waals surface area (Å²) in [5.74, 6) is 0. The molecule has 4 heteroatoms. The molecule has 0 fully saturated rings. The van der Waals surface area contributed by atoms with E-state index in [0.717, 1.165) is 26.9 Å². The van der Waals surface area contributed by atoms with Crippen molar-refractivity contribution in [2.75, 3.05) is 24.2 Å². The minimum absolute atomic E-state index is 0.792. The molecular weight excluding hydrogens is 212 g/mol. The minimum atomic E-state index is 0.792. The molecule has 0 amide bonds. The maximum absolute atomic E-state index is 5.15. The predicted octanol–water partition coefficient (Wildman–Crippen LogP) is 3.66. The Morgan fingerprint density at radius 3 is 2.29 bits per heavy atom. The second-order valence-corrected chi connectivity index (χ2v) is 4.11. The van der Waals surface area contributed by atoms with Crippen molar-refractivity contribution in [3.05, 3.63) is 9.02 Å². The molecule has 0 spiro atoms. The highest BCUT2D eigenvalue weighted by atomic mass is 32.1. The molecule has 0 aliphatic rings. The van der Waals surface area contributed by atoms with Gasteiger partial charge in [-0.1, -0.05) is 44.2 Å². The van der Waals surface area contributed by atoms with Crippen molar-refractivity contribution in [1.82, 2.24) is 0 Å². The van der Waals surface area contributed by atoms with Gasteiger partial charge in [0.05, 0.1) is 20.4 Å². The van der Waals surface area contributed by atoms with Crippen LogP contribution in [0.5, 0.6) is 0 Å². The highest BCUT2D eigenvalue weighted by Crippen LogP contribution is 2.31. The standard InChI is InChI=1S/C10H16N2S2/c1-3-4-5-6-12-8-7(11-2)9(13)10(8)14/h11-12H,3-6H2,1-2H3. The van der Waals surface area contributed by atoms with E-state index in [1.165, 1.54) is 19.3 Å². The molecule has 0 aromatic heterocycles. The first-order valence-corrected chi connectivity index (χ1v) is 5.79. The van der Waals surface area contributed by atoms with Crippen LogP contribution in [-0.2, 0) is 0 Å². The van der Waals surface area contributed by atoms with Crippen molar-refractivity contribution < 1.29 is 0 Å². The first kappa shape index (κ1) is 11.6. The van der Waals surface area contributed by atoms with Crippen molar-refractivity contribution in [2.45, 2.75) is 26.2 Å². The zero-order valence-electron chi connectivity index (χ0n) is 8.64. The van der Waals surface area contributed by atoms with E-state index in [2.05, 4.69) is 17.6 Å². The van der Waals surface area contributed by atoms with Gasteiger partial charge in [0.2, 0.25) is 0 Å². The third-order valence-corrected chi connectivity index (χ3v) is 3.19. The number of nitrogens with one attached hydrogen (secondary N) is 2. The lowest BCUT2D eigenvalue weighted by Crippen LogP contribution is -2.08. The number of unbranched alkanes of at least 4 members (excludes halogenated alkanes) is 2. The molecule has 0 unspecified atom stereocenters. The lowest BCUT2D eigenvalue weighted by molar-refractivity contribution is 0.743. The third kappa shape index (κ3) is 2.30. The minimum Gasteiger partial charge on any atom is -0.385 e. The van der Waals surface area contributed by atoms with Crippen LogP contribution < -0.4 is 10.6 Å². The van der Waals surface area contributed by atoms with Crippen molar-refractivity contribution in [2.24, 2.45) is 0 Å². The summed E-state index contributed by atoms with van der Waals surface area (Å²) < 4.78 is 1.60. The molecule has 0 atom stereocenters. The second-order valence-electron chi connectivity index (χ2n) is 3.29. The SMILES string of the molecule is CCCCCNc1c(NC)c(=S)c1=S. The zero-order chi connectivity index (χ0) is 10.6. The fourth-order valence-electron chi connectivity index (χ4n) is 1.39. The van der Waals surface area contributed by atoms with Gasteiger partial charge in [-0.3, -0.25) is 0 Å². The largest absolute Gasteiger partial charge is 0.385 e. The Kier molecular flexibility index (Phi) is 4.48. The zero-order valence-corrected chi connectivity index (χ0v) is 10.3. The first-order valence-electron chi connectivity index (χ1n) is 4.97. The Bertz CT molecular complexity index is 364. The summed E-state index contributed by atoms with van der Waals surface area (Å²) in [7, 11) is 1.87. The lowest BCUT2D eigenvalue weighted by atomic mass is 10.2. The molecule has 2 N–H and O–H groups in total. The van der Waals surface area contributed by atoms with Gasteiger partial charge in [-0.2, -0.15) is 0 Å². The van der Waals surface area contributed by atoms with Gasteiger partial charge in [-0.05, 0) is 6.42 Å². The van der Waals surface area contributed by atoms with Crippen LogP contribution in [0.15, 0.2) is 0 Å². The highest BCUT2D eigenvalue weighted by Gasteiger charge is 2.11. The topological polar surface area (TPSA) is 24.1 Å². The van der Waals surface area contributed by atoms with Crippen LogP contribution in [0.1, 0.15) is 26.2 Å². The van der Waals surface area contributed by atoms with E-state index in [0.29, 0.717) is 0 Å². The summed E-state index contributed by atoms with van der Waals surface area (Å²) in [6.07, 6.45) is 3.68. The van der Waals surface area contributed by atoms with Gasteiger partial charge in [0.1, 0.15) is 0 Å². The Morgan fingerprint density at radius 2 is 1.71 bits per heavy atom. The lowest BCUT2D eigenvalue weighted by Gasteiger charge is -2.15. The molecule has 0 aliphatic heterocycles. The van der Waals surface area contributed by atoms with Crippen LogP contribution in [0.3, 0.4) is 0 Å². The van der Waals surface area contributed by atoms with Crippen LogP contribution in [-0.4, -0.2) is 13.6 Å².